The van der Waals surface area contributed by atoms with E-state index in [1.54, 1.807) is 72.8 Å². The highest BCUT2D eigenvalue weighted by molar-refractivity contribution is 8.00. The molecule has 5 N–H and O–H groups in total. The minimum Gasteiger partial charge on any atom is -0.325 e. The highest BCUT2D eigenvalue weighted by atomic mass is 32.2. The SMILES string of the molecule is CSc1ccccc1C(=O)NNC(=O)c1ccccc1NSc1ccccc1C(=O)NNC(=O)c1ccccc1C. The maximum absolute atomic E-state index is 12.9. The average molecular weight is 586 g/mol. The first kappa shape index (κ1) is 29.2. The molecule has 0 aliphatic heterocycles. The normalized spacial score (nSPS) is 10.3. The molecule has 0 bridgehead atoms. The van der Waals surface area contributed by atoms with Crippen LogP contribution in [0.1, 0.15) is 47.0 Å². The van der Waals surface area contributed by atoms with Crippen molar-refractivity contribution < 1.29 is 19.2 Å². The number of hydrogen-bond acceptors (Lipinski definition) is 7. The van der Waals surface area contributed by atoms with Crippen molar-refractivity contribution in [1.29, 1.82) is 0 Å². The molecule has 0 unspecified atom stereocenters. The molecule has 4 amide bonds. The number of carbonyl (C=O) groups excluding carboxylic acids is 4. The summed E-state index contributed by atoms with van der Waals surface area (Å²) in [6.07, 6.45) is 1.87. The Bertz CT molecular complexity index is 1590. The number of rotatable bonds is 8. The van der Waals surface area contributed by atoms with Crippen LogP contribution in [-0.2, 0) is 0 Å². The topological polar surface area (TPSA) is 128 Å². The summed E-state index contributed by atoms with van der Waals surface area (Å²) < 4.78 is 3.11. The molecule has 0 saturated carbocycles. The number of para-hydroxylation sites is 1. The largest absolute Gasteiger partial charge is 0.325 e. The quantitative estimate of drug-likeness (QED) is 0.112. The van der Waals surface area contributed by atoms with Gasteiger partial charge in [0.15, 0.2) is 0 Å². The molecule has 0 atom stereocenters. The number of amides is 4. The molecular formula is C30H27N5O4S2. The maximum atomic E-state index is 12.9. The van der Waals surface area contributed by atoms with E-state index in [0.29, 0.717) is 27.3 Å². The average Bonchev–Trinajstić information content (AvgIpc) is 3.01. The molecule has 0 saturated heterocycles. The zero-order chi connectivity index (χ0) is 29.2. The van der Waals surface area contributed by atoms with Gasteiger partial charge in [0.25, 0.3) is 23.6 Å². The lowest BCUT2D eigenvalue weighted by Crippen LogP contribution is -2.42. The molecule has 0 radical (unpaired) electrons. The fourth-order valence-corrected chi connectivity index (χ4v) is 5.19. The number of aryl methyl sites for hydroxylation is 1. The monoisotopic (exact) mass is 585 g/mol. The van der Waals surface area contributed by atoms with Gasteiger partial charge in [0.2, 0.25) is 0 Å². The number of carbonyl (C=O) groups is 4. The van der Waals surface area contributed by atoms with Crippen LogP contribution >= 0.6 is 23.7 Å². The fourth-order valence-electron chi connectivity index (χ4n) is 3.78. The second kappa shape index (κ2) is 14.1. The van der Waals surface area contributed by atoms with Gasteiger partial charge in [-0.15, -0.1) is 11.8 Å². The molecule has 0 heterocycles. The van der Waals surface area contributed by atoms with Crippen LogP contribution in [0.5, 0.6) is 0 Å². The van der Waals surface area contributed by atoms with E-state index in [4.69, 9.17) is 0 Å². The van der Waals surface area contributed by atoms with Crippen LogP contribution in [-0.4, -0.2) is 29.9 Å². The molecule has 0 aliphatic carbocycles. The minimum atomic E-state index is -0.520. The van der Waals surface area contributed by atoms with Crippen molar-refractivity contribution in [3.05, 3.63) is 125 Å². The Morgan fingerprint density at radius 3 is 1.51 bits per heavy atom. The van der Waals surface area contributed by atoms with Crippen molar-refractivity contribution in [2.75, 3.05) is 11.0 Å². The molecule has 4 aromatic carbocycles. The van der Waals surface area contributed by atoms with E-state index in [1.807, 2.05) is 37.4 Å². The summed E-state index contributed by atoms with van der Waals surface area (Å²) in [4.78, 5) is 52.3. The molecule has 41 heavy (non-hydrogen) atoms. The van der Waals surface area contributed by atoms with Crippen molar-refractivity contribution in [1.82, 2.24) is 21.7 Å². The Balaban J connectivity index is 1.39. The predicted octanol–water partition coefficient (Wildman–Crippen LogP) is 4.99. The van der Waals surface area contributed by atoms with Gasteiger partial charge < -0.3 is 4.72 Å². The summed E-state index contributed by atoms with van der Waals surface area (Å²) in [5, 5.41) is 0. The third-order valence-corrected chi connectivity index (χ3v) is 7.59. The number of anilines is 1. The van der Waals surface area contributed by atoms with E-state index in [0.717, 1.165) is 22.4 Å². The van der Waals surface area contributed by atoms with Crippen molar-refractivity contribution in [2.45, 2.75) is 16.7 Å². The lowest BCUT2D eigenvalue weighted by atomic mass is 10.1. The lowest BCUT2D eigenvalue weighted by Gasteiger charge is -2.14. The van der Waals surface area contributed by atoms with Crippen LogP contribution in [0.15, 0.2) is 107 Å². The van der Waals surface area contributed by atoms with E-state index >= 15 is 0 Å². The van der Waals surface area contributed by atoms with Crippen LogP contribution in [0.3, 0.4) is 0 Å². The molecule has 4 rings (SSSR count). The Morgan fingerprint density at radius 1 is 0.512 bits per heavy atom. The smallest absolute Gasteiger partial charge is 0.271 e. The Labute approximate surface area is 246 Å². The van der Waals surface area contributed by atoms with Gasteiger partial charge in [-0.1, -0.05) is 54.6 Å². The van der Waals surface area contributed by atoms with Crippen molar-refractivity contribution in [2.24, 2.45) is 0 Å². The summed E-state index contributed by atoms with van der Waals surface area (Å²) in [6, 6.07) is 27.8. The van der Waals surface area contributed by atoms with Gasteiger partial charge in [-0.05, 0) is 73.2 Å². The Morgan fingerprint density at radius 2 is 0.927 bits per heavy atom. The van der Waals surface area contributed by atoms with E-state index < -0.39 is 23.6 Å². The maximum Gasteiger partial charge on any atom is 0.271 e. The van der Waals surface area contributed by atoms with Gasteiger partial charge in [0.1, 0.15) is 0 Å². The number of hydrazine groups is 2. The molecule has 9 nitrogen and oxygen atoms in total. The number of nitrogens with one attached hydrogen (secondary N) is 5. The van der Waals surface area contributed by atoms with Gasteiger partial charge in [-0.3, -0.25) is 40.9 Å². The first-order chi connectivity index (χ1) is 19.9. The van der Waals surface area contributed by atoms with Gasteiger partial charge in [0.05, 0.1) is 22.4 Å². The molecule has 0 aliphatic rings. The van der Waals surface area contributed by atoms with Crippen LogP contribution in [0.4, 0.5) is 5.69 Å². The summed E-state index contributed by atoms with van der Waals surface area (Å²) in [7, 11) is 0. The zero-order valence-electron chi connectivity index (χ0n) is 22.2. The Hall–Kier alpha value is -4.74. The molecular weight excluding hydrogens is 558 g/mol. The molecule has 0 aromatic heterocycles. The van der Waals surface area contributed by atoms with Gasteiger partial charge in [-0.2, -0.15) is 0 Å². The standard InChI is InChI=1S/C30H27N5O4S2/c1-19-11-3-4-12-20(19)27(36)31-34-30(39)23-15-7-10-18-26(23)41-35-24-16-8-5-13-21(24)28(37)32-33-29(38)22-14-6-9-17-25(22)40-2/h3-18,35H,1-2H3,(H,31,36)(H,32,37)(H,33,38)(H,34,39). The minimum absolute atomic E-state index is 0.283. The zero-order valence-corrected chi connectivity index (χ0v) is 23.8. The van der Waals surface area contributed by atoms with E-state index in [9.17, 15) is 19.2 Å². The molecule has 0 fully saturated rings. The summed E-state index contributed by atoms with van der Waals surface area (Å²) in [5.74, 6) is -1.88. The van der Waals surface area contributed by atoms with Crippen LogP contribution in [0.2, 0.25) is 0 Å². The molecule has 0 spiro atoms. The first-order valence-electron chi connectivity index (χ1n) is 12.4. The van der Waals surface area contributed by atoms with Crippen molar-refractivity contribution in [3.63, 3.8) is 0 Å². The van der Waals surface area contributed by atoms with Crippen LogP contribution < -0.4 is 26.4 Å². The third-order valence-electron chi connectivity index (χ3n) is 5.89. The van der Waals surface area contributed by atoms with Crippen LogP contribution in [0, 0.1) is 6.92 Å². The number of thioether (sulfide) groups is 1. The summed E-state index contributed by atoms with van der Waals surface area (Å²) >= 11 is 2.56. The first-order valence-corrected chi connectivity index (χ1v) is 14.4. The second-order valence-electron chi connectivity index (χ2n) is 8.58. The highest BCUT2D eigenvalue weighted by Crippen LogP contribution is 2.27. The lowest BCUT2D eigenvalue weighted by molar-refractivity contribution is 0.0844. The summed E-state index contributed by atoms with van der Waals surface area (Å²) in [6.45, 7) is 1.81. The van der Waals surface area contributed by atoms with Crippen molar-refractivity contribution in [3.8, 4) is 0 Å². The van der Waals surface area contributed by atoms with Crippen LogP contribution in [0.25, 0.3) is 0 Å². The molecule has 11 heteroatoms. The molecule has 208 valence electrons. The predicted molar refractivity (Wildman–Crippen MR) is 162 cm³/mol. The van der Waals surface area contributed by atoms with Crippen molar-refractivity contribution >= 4 is 53.0 Å². The second-order valence-corrected chi connectivity index (χ2v) is 10.3. The number of hydrogen-bond donors (Lipinski definition) is 5. The van der Waals surface area contributed by atoms with Gasteiger partial charge in [-0.25, -0.2) is 0 Å². The van der Waals surface area contributed by atoms with E-state index in [2.05, 4.69) is 26.4 Å². The Kier molecular flexibility index (Phi) is 10.0. The highest BCUT2D eigenvalue weighted by Gasteiger charge is 2.17. The molecule has 4 aromatic rings. The number of benzene rings is 4. The summed E-state index contributed by atoms with van der Waals surface area (Å²) in [5.41, 5.74) is 12.6. The van der Waals surface area contributed by atoms with E-state index in [1.165, 1.54) is 11.8 Å². The van der Waals surface area contributed by atoms with Gasteiger partial charge >= 0.3 is 0 Å². The van der Waals surface area contributed by atoms with Gasteiger partial charge in [0, 0.05) is 15.4 Å². The van der Waals surface area contributed by atoms with E-state index in [-0.39, 0.29) is 5.56 Å². The third kappa shape index (κ3) is 7.47. The fraction of sp³-hybridized carbons (Fsp3) is 0.0667.